The smallest absolute Gasteiger partial charge is 0.292 e. The maximum absolute atomic E-state index is 12.5. The fourth-order valence-electron chi connectivity index (χ4n) is 3.03. The van der Waals surface area contributed by atoms with E-state index >= 15 is 0 Å². The summed E-state index contributed by atoms with van der Waals surface area (Å²) in [5.74, 6) is 0.685. The zero-order valence-corrected chi connectivity index (χ0v) is 14.5. The Balaban J connectivity index is 1.30. The van der Waals surface area contributed by atoms with Gasteiger partial charge in [-0.05, 0) is 23.6 Å². The molecule has 4 rings (SSSR count). The van der Waals surface area contributed by atoms with E-state index in [-0.39, 0.29) is 23.5 Å². The van der Waals surface area contributed by atoms with Crippen molar-refractivity contribution in [2.45, 2.75) is 19.4 Å². The van der Waals surface area contributed by atoms with Crippen LogP contribution >= 0.6 is 0 Å². The molecule has 26 heavy (non-hydrogen) atoms. The molecule has 1 aromatic heterocycles. The SMILES string of the molecule is O=C(c1cc(OCc2ccccc2)no1)N1CCN(C(=O)C2CC2)CC1. The highest BCUT2D eigenvalue weighted by atomic mass is 16.5. The minimum absolute atomic E-state index is 0.162. The summed E-state index contributed by atoms with van der Waals surface area (Å²) in [4.78, 5) is 28.2. The number of ether oxygens (including phenoxy) is 1. The first-order chi connectivity index (χ1) is 12.7. The molecule has 0 atom stereocenters. The van der Waals surface area contributed by atoms with Crippen LogP contribution in [0.4, 0.5) is 0 Å². The van der Waals surface area contributed by atoms with Gasteiger partial charge in [-0.1, -0.05) is 30.3 Å². The maximum Gasteiger partial charge on any atom is 0.292 e. The molecule has 0 bridgehead atoms. The molecule has 7 nitrogen and oxygen atoms in total. The number of piperazine rings is 1. The molecule has 1 saturated heterocycles. The molecule has 2 aliphatic rings. The summed E-state index contributed by atoms with van der Waals surface area (Å²) in [6.45, 7) is 2.54. The number of carbonyl (C=O) groups excluding carboxylic acids is 2. The second kappa shape index (κ2) is 7.19. The molecule has 1 aromatic carbocycles. The topological polar surface area (TPSA) is 75.9 Å². The Labute approximate surface area is 151 Å². The van der Waals surface area contributed by atoms with E-state index in [1.165, 1.54) is 6.07 Å². The third kappa shape index (κ3) is 3.71. The summed E-state index contributed by atoms with van der Waals surface area (Å²) in [6, 6.07) is 11.2. The Bertz CT molecular complexity index is 777. The van der Waals surface area contributed by atoms with E-state index in [4.69, 9.17) is 9.26 Å². The molecule has 2 amide bonds. The maximum atomic E-state index is 12.5. The van der Waals surface area contributed by atoms with Gasteiger partial charge in [0.05, 0.1) is 6.07 Å². The van der Waals surface area contributed by atoms with Crippen LogP contribution in [-0.2, 0) is 11.4 Å². The normalized spacial score (nSPS) is 17.2. The lowest BCUT2D eigenvalue weighted by atomic mass is 10.2. The molecule has 2 aromatic rings. The van der Waals surface area contributed by atoms with Crippen LogP contribution in [0.25, 0.3) is 0 Å². The van der Waals surface area contributed by atoms with Crippen molar-refractivity contribution in [3.05, 3.63) is 47.7 Å². The van der Waals surface area contributed by atoms with Gasteiger partial charge in [-0.15, -0.1) is 0 Å². The van der Waals surface area contributed by atoms with E-state index < -0.39 is 0 Å². The summed E-state index contributed by atoms with van der Waals surface area (Å²) in [6.07, 6.45) is 2.00. The van der Waals surface area contributed by atoms with Crippen LogP contribution in [0.3, 0.4) is 0 Å². The molecular formula is C19H21N3O4. The monoisotopic (exact) mass is 355 g/mol. The van der Waals surface area contributed by atoms with Gasteiger partial charge in [-0.2, -0.15) is 0 Å². The van der Waals surface area contributed by atoms with Crippen molar-refractivity contribution in [2.75, 3.05) is 26.2 Å². The van der Waals surface area contributed by atoms with Gasteiger partial charge in [0.25, 0.3) is 11.8 Å². The van der Waals surface area contributed by atoms with Crippen molar-refractivity contribution in [1.29, 1.82) is 0 Å². The van der Waals surface area contributed by atoms with E-state index in [1.54, 1.807) is 4.90 Å². The van der Waals surface area contributed by atoms with E-state index in [1.807, 2.05) is 35.2 Å². The van der Waals surface area contributed by atoms with Gasteiger partial charge < -0.3 is 19.1 Å². The van der Waals surface area contributed by atoms with Gasteiger partial charge in [0.15, 0.2) is 0 Å². The highest BCUT2D eigenvalue weighted by Crippen LogP contribution is 2.31. The number of nitrogens with zero attached hydrogens (tertiary/aromatic N) is 3. The lowest BCUT2D eigenvalue weighted by Gasteiger charge is -2.34. The van der Waals surface area contributed by atoms with Gasteiger partial charge in [0, 0.05) is 32.1 Å². The molecule has 1 aliphatic heterocycles. The summed E-state index contributed by atoms with van der Waals surface area (Å²) < 4.78 is 10.7. The quantitative estimate of drug-likeness (QED) is 0.819. The fourth-order valence-corrected chi connectivity index (χ4v) is 3.03. The predicted molar refractivity (Wildman–Crippen MR) is 92.5 cm³/mol. The van der Waals surface area contributed by atoms with Crippen molar-refractivity contribution in [1.82, 2.24) is 15.0 Å². The third-order valence-electron chi connectivity index (χ3n) is 4.73. The van der Waals surface area contributed by atoms with Crippen molar-refractivity contribution in [2.24, 2.45) is 5.92 Å². The standard InChI is InChI=1S/C19H21N3O4/c23-18(15-6-7-15)21-8-10-22(11-9-21)19(24)16-12-17(20-26-16)25-13-14-4-2-1-3-5-14/h1-5,12,15H,6-11,13H2. The molecule has 1 saturated carbocycles. The number of amides is 2. The summed E-state index contributed by atoms with van der Waals surface area (Å²) in [5.41, 5.74) is 1.01. The van der Waals surface area contributed by atoms with Crippen molar-refractivity contribution >= 4 is 11.8 Å². The molecular weight excluding hydrogens is 334 g/mol. The largest absolute Gasteiger partial charge is 0.471 e. The van der Waals surface area contributed by atoms with Crippen molar-refractivity contribution in [3.63, 3.8) is 0 Å². The Morgan fingerprint density at radius 3 is 2.46 bits per heavy atom. The first kappa shape index (κ1) is 16.6. The summed E-state index contributed by atoms with van der Waals surface area (Å²) in [7, 11) is 0. The van der Waals surface area contributed by atoms with E-state index in [0.717, 1.165) is 18.4 Å². The average molecular weight is 355 g/mol. The molecule has 0 unspecified atom stereocenters. The van der Waals surface area contributed by atoms with Gasteiger partial charge >= 0.3 is 0 Å². The second-order valence-corrected chi connectivity index (χ2v) is 6.70. The summed E-state index contributed by atoms with van der Waals surface area (Å²) >= 11 is 0. The van der Waals surface area contributed by atoms with E-state index in [0.29, 0.717) is 38.7 Å². The van der Waals surface area contributed by atoms with Crippen LogP contribution in [0.1, 0.15) is 29.0 Å². The van der Waals surface area contributed by atoms with Gasteiger partial charge in [-0.25, -0.2) is 0 Å². The van der Waals surface area contributed by atoms with E-state index in [9.17, 15) is 9.59 Å². The highest BCUT2D eigenvalue weighted by Gasteiger charge is 2.35. The molecule has 2 heterocycles. The lowest BCUT2D eigenvalue weighted by Crippen LogP contribution is -2.51. The van der Waals surface area contributed by atoms with Crippen LogP contribution in [-0.4, -0.2) is 52.9 Å². The average Bonchev–Trinajstić information content (AvgIpc) is 3.44. The van der Waals surface area contributed by atoms with Gasteiger partial charge in [0.1, 0.15) is 6.61 Å². The van der Waals surface area contributed by atoms with Crippen LogP contribution in [0.15, 0.2) is 40.9 Å². The molecule has 7 heteroatoms. The molecule has 0 radical (unpaired) electrons. The van der Waals surface area contributed by atoms with Crippen molar-refractivity contribution in [3.8, 4) is 5.88 Å². The van der Waals surface area contributed by atoms with Crippen LogP contribution < -0.4 is 4.74 Å². The number of benzene rings is 1. The predicted octanol–water partition coefficient (Wildman–Crippen LogP) is 1.95. The van der Waals surface area contributed by atoms with Gasteiger partial charge in [-0.3, -0.25) is 9.59 Å². The number of carbonyl (C=O) groups is 2. The zero-order chi connectivity index (χ0) is 17.9. The second-order valence-electron chi connectivity index (χ2n) is 6.70. The molecule has 0 N–H and O–H groups in total. The Hall–Kier alpha value is -2.83. The highest BCUT2D eigenvalue weighted by molar-refractivity contribution is 5.92. The van der Waals surface area contributed by atoms with Crippen LogP contribution in [0.5, 0.6) is 5.88 Å². The molecule has 2 fully saturated rings. The number of aromatic nitrogens is 1. The number of rotatable bonds is 5. The van der Waals surface area contributed by atoms with E-state index in [2.05, 4.69) is 5.16 Å². The third-order valence-corrected chi connectivity index (χ3v) is 4.73. The van der Waals surface area contributed by atoms with Gasteiger partial charge in [0.2, 0.25) is 11.7 Å². The van der Waals surface area contributed by atoms with Crippen molar-refractivity contribution < 1.29 is 18.8 Å². The Morgan fingerprint density at radius 1 is 1.08 bits per heavy atom. The van der Waals surface area contributed by atoms with Crippen LogP contribution in [0.2, 0.25) is 0 Å². The number of hydrogen-bond donors (Lipinski definition) is 0. The Kier molecular flexibility index (Phi) is 4.60. The van der Waals surface area contributed by atoms with Crippen LogP contribution in [0, 0.1) is 5.92 Å². The molecule has 136 valence electrons. The molecule has 0 spiro atoms. The Morgan fingerprint density at radius 2 is 1.77 bits per heavy atom. The number of hydrogen-bond acceptors (Lipinski definition) is 5. The fraction of sp³-hybridized carbons (Fsp3) is 0.421. The summed E-state index contributed by atoms with van der Waals surface area (Å²) in [5, 5.41) is 3.81. The zero-order valence-electron chi connectivity index (χ0n) is 14.5. The lowest BCUT2D eigenvalue weighted by molar-refractivity contribution is -0.134. The first-order valence-electron chi connectivity index (χ1n) is 8.92. The minimum Gasteiger partial charge on any atom is -0.471 e. The molecule has 1 aliphatic carbocycles. The first-order valence-corrected chi connectivity index (χ1v) is 8.92. The minimum atomic E-state index is -0.217.